The van der Waals surface area contributed by atoms with E-state index in [0.717, 1.165) is 0 Å². The van der Waals surface area contributed by atoms with E-state index in [0.29, 0.717) is 18.2 Å². The molecule has 0 atom stereocenters. The maximum Gasteiger partial charge on any atom is 1.00 e. The average molecular weight is 257 g/mol. The zero-order valence-corrected chi connectivity index (χ0v) is 11.3. The molecule has 4 nitrogen and oxygen atoms in total. The van der Waals surface area contributed by atoms with Gasteiger partial charge in [0.2, 0.25) is 0 Å². The van der Waals surface area contributed by atoms with Crippen molar-refractivity contribution in [2.45, 2.75) is 0 Å². The van der Waals surface area contributed by atoms with Crippen LogP contribution in [0.4, 0.5) is 18.6 Å². The van der Waals surface area contributed by atoms with Gasteiger partial charge in [0.05, 0.1) is 10.5 Å². The smallest absolute Gasteiger partial charge is 0.445 e. The van der Waals surface area contributed by atoms with Gasteiger partial charge in [0, 0.05) is 6.07 Å². The second-order valence-electron chi connectivity index (χ2n) is 2.77. The summed E-state index contributed by atoms with van der Waals surface area (Å²) >= 11 is 0. The van der Waals surface area contributed by atoms with E-state index in [9.17, 15) is 27.9 Å². The Morgan fingerprint density at radius 2 is 1.88 bits per heavy atom. The zero-order chi connectivity index (χ0) is 11.6. The molecule has 0 N–H and O–H groups in total. The molecule has 1 aromatic rings. The molecule has 0 fully saturated rings. The largest absolute Gasteiger partial charge is 1.00 e. The van der Waals surface area contributed by atoms with E-state index >= 15 is 0 Å². The van der Waals surface area contributed by atoms with Crippen LogP contribution in [-0.2, 0) is 0 Å². The second-order valence-corrected chi connectivity index (χ2v) is 2.77. The number of hydrogen-bond acceptors (Lipinski definition) is 3. The predicted molar refractivity (Wildman–Crippen MR) is 47.2 cm³/mol. The topological polar surface area (TPSA) is 60.2 Å². The summed E-state index contributed by atoms with van der Waals surface area (Å²) < 4.78 is 36.6. The summed E-state index contributed by atoms with van der Waals surface area (Å²) in [7, 11) is 0. The standard InChI is InChI=1S/C7H4BF3NO3.K/c9-8(10,11)6-1-2-7(12(14)15)5(3-6)4-13;/h1-4H;/q-1;+1. The predicted octanol–water partition coefficient (Wildman–Crippen LogP) is -1.53. The van der Waals surface area contributed by atoms with Gasteiger partial charge in [-0.2, -0.15) is 0 Å². The summed E-state index contributed by atoms with van der Waals surface area (Å²) in [5.74, 6) is 0. The quantitative estimate of drug-likeness (QED) is 0.285. The fourth-order valence-electron chi connectivity index (χ4n) is 1.04. The van der Waals surface area contributed by atoms with Gasteiger partial charge < -0.3 is 12.9 Å². The van der Waals surface area contributed by atoms with Gasteiger partial charge in [-0.05, 0) is 0 Å². The Labute approximate surface area is 131 Å². The summed E-state index contributed by atoms with van der Waals surface area (Å²) in [5, 5.41) is 10.3. The molecule has 0 aliphatic carbocycles. The molecule has 0 unspecified atom stereocenters. The summed E-state index contributed by atoms with van der Waals surface area (Å²) in [4.78, 5) is 19.8. The SMILES string of the molecule is O=Cc1cc([B-](F)(F)F)ccc1[N+](=O)[O-].[K+]. The van der Waals surface area contributed by atoms with Crippen LogP contribution in [0.5, 0.6) is 0 Å². The van der Waals surface area contributed by atoms with Crippen LogP contribution in [0.15, 0.2) is 18.2 Å². The van der Waals surface area contributed by atoms with Crippen molar-refractivity contribution in [1.29, 1.82) is 0 Å². The fourth-order valence-corrected chi connectivity index (χ4v) is 1.04. The van der Waals surface area contributed by atoms with Crippen LogP contribution >= 0.6 is 0 Å². The summed E-state index contributed by atoms with van der Waals surface area (Å²) in [5.41, 5.74) is -2.23. The molecule has 0 saturated heterocycles. The van der Waals surface area contributed by atoms with E-state index < -0.39 is 28.6 Å². The van der Waals surface area contributed by atoms with Crippen molar-refractivity contribution >= 4 is 24.4 Å². The number of hydrogen-bond donors (Lipinski definition) is 0. The molecule has 9 heteroatoms. The van der Waals surface area contributed by atoms with Crippen molar-refractivity contribution in [3.05, 3.63) is 33.9 Å². The summed E-state index contributed by atoms with van der Waals surface area (Å²) in [6.45, 7) is -5.25. The van der Waals surface area contributed by atoms with Crippen LogP contribution < -0.4 is 56.8 Å². The third-order valence-electron chi connectivity index (χ3n) is 1.75. The van der Waals surface area contributed by atoms with Crippen molar-refractivity contribution in [3.63, 3.8) is 0 Å². The van der Waals surface area contributed by atoms with E-state index in [1.807, 2.05) is 0 Å². The van der Waals surface area contributed by atoms with Gasteiger partial charge in [-0.15, -0.1) is 5.46 Å². The third kappa shape index (κ3) is 3.67. The number of nitro benzene ring substituents is 1. The van der Waals surface area contributed by atoms with Gasteiger partial charge in [0.1, 0.15) is 0 Å². The Kier molecular flexibility index (Phi) is 5.84. The Balaban J connectivity index is 0.00000225. The molecule has 1 aromatic carbocycles. The summed E-state index contributed by atoms with van der Waals surface area (Å²) in [6.07, 6.45) is 0.0312. The maximum absolute atomic E-state index is 12.2. The van der Waals surface area contributed by atoms with Crippen molar-refractivity contribution in [1.82, 2.24) is 0 Å². The maximum atomic E-state index is 12.2. The van der Waals surface area contributed by atoms with Crippen LogP contribution in [-0.4, -0.2) is 18.2 Å². The van der Waals surface area contributed by atoms with Crippen molar-refractivity contribution in [3.8, 4) is 0 Å². The van der Waals surface area contributed by atoms with Crippen LogP contribution in [0.3, 0.4) is 0 Å². The molecule has 0 radical (unpaired) electrons. The van der Waals surface area contributed by atoms with Gasteiger partial charge in [-0.25, -0.2) is 0 Å². The van der Waals surface area contributed by atoms with Gasteiger partial charge in [0.15, 0.2) is 6.29 Å². The Morgan fingerprint density at radius 1 is 1.31 bits per heavy atom. The molecule has 0 aliphatic heterocycles. The molecule has 80 valence electrons. The minimum absolute atomic E-state index is 0. The van der Waals surface area contributed by atoms with Gasteiger partial charge in [-0.3, -0.25) is 14.9 Å². The number of benzene rings is 1. The third-order valence-corrected chi connectivity index (χ3v) is 1.75. The number of halogens is 3. The molecule has 0 amide bonds. The van der Waals surface area contributed by atoms with Crippen molar-refractivity contribution in [2.75, 3.05) is 0 Å². The summed E-state index contributed by atoms with van der Waals surface area (Å²) in [6, 6.07) is 1.74. The Bertz CT molecular complexity index is 424. The monoisotopic (exact) mass is 257 g/mol. The van der Waals surface area contributed by atoms with Crippen molar-refractivity contribution in [2.24, 2.45) is 0 Å². The van der Waals surface area contributed by atoms with Crippen LogP contribution in [0.1, 0.15) is 10.4 Å². The van der Waals surface area contributed by atoms with E-state index in [-0.39, 0.29) is 57.7 Å². The van der Waals surface area contributed by atoms with E-state index in [2.05, 4.69) is 0 Å². The Hall–Kier alpha value is -0.219. The number of carbonyl (C=O) groups excluding carboxylic acids is 1. The molecule has 0 saturated carbocycles. The number of carbonyl (C=O) groups is 1. The first kappa shape index (κ1) is 15.8. The molecule has 0 spiro atoms. The van der Waals surface area contributed by atoms with Crippen LogP contribution in [0, 0.1) is 10.1 Å². The second kappa shape index (κ2) is 5.92. The van der Waals surface area contributed by atoms with Crippen molar-refractivity contribution < 1.29 is 74.0 Å². The first-order chi connectivity index (χ1) is 6.86. The molecular weight excluding hydrogens is 253 g/mol. The first-order valence-electron chi connectivity index (χ1n) is 3.79. The minimum atomic E-state index is -5.25. The first-order valence-corrected chi connectivity index (χ1v) is 3.79. The molecule has 16 heavy (non-hydrogen) atoms. The number of nitro groups is 1. The van der Waals surface area contributed by atoms with E-state index in [1.54, 1.807) is 0 Å². The average Bonchev–Trinajstić information content (AvgIpc) is 2.15. The Morgan fingerprint density at radius 3 is 2.25 bits per heavy atom. The molecule has 0 aromatic heterocycles. The molecule has 1 rings (SSSR count). The van der Waals surface area contributed by atoms with Gasteiger partial charge in [0.25, 0.3) is 5.69 Å². The number of rotatable bonds is 3. The number of nitrogens with zero attached hydrogens (tertiary/aromatic N) is 1. The normalized spacial score (nSPS) is 10.4. The van der Waals surface area contributed by atoms with Gasteiger partial charge >= 0.3 is 58.4 Å². The number of aldehydes is 1. The molecular formula is C7H4BF3KNO3. The van der Waals surface area contributed by atoms with Crippen LogP contribution in [0.2, 0.25) is 0 Å². The van der Waals surface area contributed by atoms with E-state index in [1.165, 1.54) is 0 Å². The molecule has 0 bridgehead atoms. The fraction of sp³-hybridized carbons (Fsp3) is 0. The molecule has 0 heterocycles. The molecule has 0 aliphatic rings. The zero-order valence-electron chi connectivity index (χ0n) is 8.19. The van der Waals surface area contributed by atoms with Crippen LogP contribution in [0.25, 0.3) is 0 Å². The van der Waals surface area contributed by atoms with Gasteiger partial charge in [-0.1, -0.05) is 12.1 Å². The minimum Gasteiger partial charge on any atom is -0.445 e. The van der Waals surface area contributed by atoms with E-state index in [4.69, 9.17) is 0 Å².